The minimum Gasteiger partial charge on any atom is -0.354 e. The topological polar surface area (TPSA) is 120 Å². The molecule has 10 nitrogen and oxygen atoms in total. The quantitative estimate of drug-likeness (QED) is 0.294. The number of hydrogen-bond donors (Lipinski definition) is 1. The fourth-order valence-electron chi connectivity index (χ4n) is 5.14. The molecule has 0 spiro atoms. The predicted molar refractivity (Wildman–Crippen MR) is 159 cm³/mol. The minimum atomic E-state index is -0.427. The van der Waals surface area contributed by atoms with E-state index in [-0.39, 0.29) is 11.5 Å². The number of amides is 1. The van der Waals surface area contributed by atoms with E-state index in [2.05, 4.69) is 72.7 Å². The lowest BCUT2D eigenvalue weighted by molar-refractivity contribution is 0.0532. The summed E-state index contributed by atoms with van der Waals surface area (Å²) in [6, 6.07) is 26.3. The van der Waals surface area contributed by atoms with Gasteiger partial charge in [-0.2, -0.15) is 5.26 Å². The molecule has 0 radical (unpaired) electrons. The van der Waals surface area contributed by atoms with E-state index < -0.39 is 5.91 Å². The predicted octanol–water partition coefficient (Wildman–Crippen LogP) is 4.24. The summed E-state index contributed by atoms with van der Waals surface area (Å²) < 4.78 is 0. The zero-order valence-corrected chi connectivity index (χ0v) is 23.1. The van der Waals surface area contributed by atoms with Gasteiger partial charge in [-0.25, -0.2) is 20.4 Å². The van der Waals surface area contributed by atoms with Crippen molar-refractivity contribution in [2.24, 2.45) is 0 Å². The smallest absolute Gasteiger partial charge is 0.293 e. The van der Waals surface area contributed by atoms with Crippen molar-refractivity contribution in [1.29, 1.82) is 5.26 Å². The second kappa shape index (κ2) is 12.1. The van der Waals surface area contributed by atoms with E-state index in [1.807, 2.05) is 30.3 Å². The molecule has 0 saturated carbocycles. The van der Waals surface area contributed by atoms with Crippen molar-refractivity contribution in [3.8, 4) is 28.5 Å². The van der Waals surface area contributed by atoms with Gasteiger partial charge < -0.3 is 4.90 Å². The van der Waals surface area contributed by atoms with Gasteiger partial charge in [0.15, 0.2) is 0 Å². The largest absolute Gasteiger partial charge is 0.354 e. The van der Waals surface area contributed by atoms with Crippen molar-refractivity contribution in [2.45, 2.75) is 6.54 Å². The monoisotopic (exact) mass is 556 g/mol. The lowest BCUT2D eigenvalue weighted by Gasteiger charge is -2.35. The summed E-state index contributed by atoms with van der Waals surface area (Å²) >= 11 is 0. The van der Waals surface area contributed by atoms with Crippen LogP contribution in [-0.2, 0) is 11.4 Å². The average molecular weight is 557 g/mol. The Kier molecular flexibility index (Phi) is 7.76. The van der Waals surface area contributed by atoms with Crippen LogP contribution in [0, 0.1) is 11.3 Å². The first-order chi connectivity index (χ1) is 20.6. The Morgan fingerprint density at radius 3 is 2.48 bits per heavy atom. The normalized spacial score (nSPS) is 13.6. The van der Waals surface area contributed by atoms with Gasteiger partial charge in [-0.05, 0) is 29.3 Å². The van der Waals surface area contributed by atoms with Gasteiger partial charge in [-0.3, -0.25) is 19.5 Å². The summed E-state index contributed by atoms with van der Waals surface area (Å²) in [6.45, 7) is 4.29. The van der Waals surface area contributed by atoms with Crippen LogP contribution in [0.2, 0.25) is 0 Å². The summed E-state index contributed by atoms with van der Waals surface area (Å²) in [7, 11) is 1.39. The number of fused-ring (bicyclic) bond motifs is 1. The zero-order valence-electron chi connectivity index (χ0n) is 23.1. The molecule has 4 heterocycles. The van der Waals surface area contributed by atoms with Crippen LogP contribution in [0.4, 0.5) is 5.82 Å². The number of carbonyl (C=O) groups is 1. The van der Waals surface area contributed by atoms with Crippen molar-refractivity contribution in [1.82, 2.24) is 30.3 Å². The van der Waals surface area contributed by atoms with Gasteiger partial charge in [0.2, 0.25) is 5.82 Å². The van der Waals surface area contributed by atoms with Crippen LogP contribution in [0.5, 0.6) is 0 Å². The number of hydroxylamine groups is 1. The highest BCUT2D eigenvalue weighted by molar-refractivity contribution is 5.97. The lowest BCUT2D eigenvalue weighted by Crippen LogP contribution is -2.46. The van der Waals surface area contributed by atoms with Crippen LogP contribution in [0.1, 0.15) is 21.9 Å². The van der Waals surface area contributed by atoms with Crippen molar-refractivity contribution in [2.75, 3.05) is 38.2 Å². The third-order valence-electron chi connectivity index (χ3n) is 7.28. The standard InChI is InChI=1S/C32H28N8O2/c1-42-38-32(41)28-18-27-25(20-35-28)17-26(23-5-3-2-4-6-23)31(36-27)24-9-7-22(8-10-24)21-39-13-15-40(16-14-39)30-11-12-34-29(19-33)37-30/h2-12,17-18,20H,13-16,21H2,1H3,(H,38,41). The molecule has 42 heavy (non-hydrogen) atoms. The van der Waals surface area contributed by atoms with Crippen LogP contribution in [0.15, 0.2) is 85.2 Å². The number of aromatic nitrogens is 4. The van der Waals surface area contributed by atoms with E-state index in [0.29, 0.717) is 5.52 Å². The molecule has 6 rings (SSSR count). The second-order valence-corrected chi connectivity index (χ2v) is 9.96. The summed E-state index contributed by atoms with van der Waals surface area (Å²) in [4.78, 5) is 39.3. The highest BCUT2D eigenvalue weighted by atomic mass is 16.6. The Hall–Kier alpha value is -5.24. The lowest BCUT2D eigenvalue weighted by atomic mass is 9.97. The first-order valence-electron chi connectivity index (χ1n) is 13.6. The number of hydrogen-bond acceptors (Lipinski definition) is 9. The van der Waals surface area contributed by atoms with Crippen LogP contribution in [-0.4, -0.2) is 64.0 Å². The third kappa shape index (κ3) is 5.78. The summed E-state index contributed by atoms with van der Waals surface area (Å²) in [5.41, 5.74) is 8.30. The van der Waals surface area contributed by atoms with Gasteiger partial charge in [0.25, 0.3) is 5.91 Å². The van der Waals surface area contributed by atoms with E-state index in [4.69, 9.17) is 15.1 Å². The molecule has 1 amide bonds. The molecular formula is C32H28N8O2. The number of piperazine rings is 1. The van der Waals surface area contributed by atoms with Crippen LogP contribution in [0.25, 0.3) is 33.3 Å². The van der Waals surface area contributed by atoms with Gasteiger partial charge in [0.1, 0.15) is 17.6 Å². The Morgan fingerprint density at radius 2 is 1.74 bits per heavy atom. The van der Waals surface area contributed by atoms with E-state index in [1.54, 1.807) is 18.5 Å². The fourth-order valence-corrected chi connectivity index (χ4v) is 5.14. The number of nitrogens with one attached hydrogen (secondary N) is 1. The fraction of sp³-hybridized carbons (Fsp3) is 0.188. The van der Waals surface area contributed by atoms with Crippen molar-refractivity contribution < 1.29 is 9.63 Å². The van der Waals surface area contributed by atoms with Crippen molar-refractivity contribution in [3.05, 3.63) is 102 Å². The summed E-state index contributed by atoms with van der Waals surface area (Å²) in [5.74, 6) is 0.564. The van der Waals surface area contributed by atoms with Crippen molar-refractivity contribution in [3.63, 3.8) is 0 Å². The Bertz CT molecular complexity index is 1760. The van der Waals surface area contributed by atoms with Gasteiger partial charge >= 0.3 is 0 Å². The Balaban J connectivity index is 1.23. The highest BCUT2D eigenvalue weighted by Crippen LogP contribution is 2.33. The number of anilines is 1. The maximum atomic E-state index is 12.3. The van der Waals surface area contributed by atoms with Crippen LogP contribution < -0.4 is 10.4 Å². The van der Waals surface area contributed by atoms with Crippen LogP contribution >= 0.6 is 0 Å². The number of rotatable bonds is 7. The molecule has 0 bridgehead atoms. The third-order valence-corrected chi connectivity index (χ3v) is 7.28. The molecule has 0 atom stereocenters. The molecule has 1 saturated heterocycles. The number of pyridine rings is 2. The molecule has 3 aromatic heterocycles. The van der Waals surface area contributed by atoms with E-state index in [9.17, 15) is 4.79 Å². The van der Waals surface area contributed by atoms with Gasteiger partial charge in [0, 0.05) is 61.6 Å². The van der Waals surface area contributed by atoms with Crippen molar-refractivity contribution >= 4 is 22.6 Å². The number of nitrogens with zero attached hydrogens (tertiary/aromatic N) is 7. The van der Waals surface area contributed by atoms with Gasteiger partial charge in [-0.1, -0.05) is 54.6 Å². The molecule has 0 aliphatic carbocycles. The molecule has 10 heteroatoms. The Labute approximate surface area is 243 Å². The number of benzene rings is 2. The first kappa shape index (κ1) is 27.0. The molecule has 1 fully saturated rings. The molecule has 0 unspecified atom stereocenters. The second-order valence-electron chi connectivity index (χ2n) is 9.96. The van der Waals surface area contributed by atoms with Gasteiger partial charge in [-0.15, -0.1) is 0 Å². The molecule has 1 aliphatic heterocycles. The molecule has 2 aromatic carbocycles. The molecule has 208 valence electrons. The van der Waals surface area contributed by atoms with Crippen LogP contribution in [0.3, 0.4) is 0 Å². The highest BCUT2D eigenvalue weighted by Gasteiger charge is 2.19. The first-order valence-corrected chi connectivity index (χ1v) is 13.6. The summed E-state index contributed by atoms with van der Waals surface area (Å²) in [5, 5.41) is 9.94. The minimum absolute atomic E-state index is 0.194. The number of nitriles is 1. The maximum absolute atomic E-state index is 12.3. The Morgan fingerprint density at radius 1 is 0.952 bits per heavy atom. The number of carbonyl (C=O) groups excluding carboxylic acids is 1. The van der Waals surface area contributed by atoms with E-state index in [0.717, 1.165) is 66.3 Å². The molecular weight excluding hydrogens is 528 g/mol. The summed E-state index contributed by atoms with van der Waals surface area (Å²) in [6.07, 6.45) is 3.30. The maximum Gasteiger partial charge on any atom is 0.293 e. The van der Waals surface area contributed by atoms with E-state index >= 15 is 0 Å². The zero-order chi connectivity index (χ0) is 28.9. The SMILES string of the molecule is CONC(=O)c1cc2nc(-c3ccc(CN4CCN(c5ccnc(C#N)n5)CC4)cc3)c(-c3ccccc3)cc2cn1. The van der Waals surface area contributed by atoms with E-state index in [1.165, 1.54) is 12.7 Å². The molecule has 5 aromatic rings. The average Bonchev–Trinajstić information content (AvgIpc) is 3.05. The van der Waals surface area contributed by atoms with Gasteiger partial charge in [0.05, 0.1) is 18.3 Å². The molecule has 1 aliphatic rings. The molecule has 1 N–H and O–H groups in total.